The van der Waals surface area contributed by atoms with Gasteiger partial charge in [-0.05, 0) is 35.7 Å². The molecule has 0 saturated carbocycles. The smallest absolute Gasteiger partial charge is 0.233 e. The van der Waals surface area contributed by atoms with Crippen molar-refractivity contribution in [2.45, 2.75) is 19.4 Å². The van der Waals surface area contributed by atoms with E-state index in [1.54, 1.807) is 24.2 Å². The molecule has 31 heavy (non-hydrogen) atoms. The van der Waals surface area contributed by atoms with Gasteiger partial charge in [-0.1, -0.05) is 42.5 Å². The molecule has 3 heterocycles. The van der Waals surface area contributed by atoms with Crippen LogP contribution >= 0.6 is 0 Å². The monoisotopic (exact) mass is 410 g/mol. The summed E-state index contributed by atoms with van der Waals surface area (Å²) in [5.41, 5.74) is 3.98. The van der Waals surface area contributed by atoms with Crippen molar-refractivity contribution in [2.75, 3.05) is 7.11 Å². The van der Waals surface area contributed by atoms with E-state index in [2.05, 4.69) is 38.9 Å². The molecule has 0 aliphatic heterocycles. The van der Waals surface area contributed by atoms with Crippen LogP contribution in [-0.2, 0) is 19.4 Å². The number of benzene rings is 2. The van der Waals surface area contributed by atoms with Crippen molar-refractivity contribution in [3.8, 4) is 11.7 Å². The lowest BCUT2D eigenvalue weighted by molar-refractivity contribution is 0.414. The van der Waals surface area contributed by atoms with Gasteiger partial charge in [0.15, 0.2) is 5.65 Å². The molecule has 0 fully saturated rings. The molecule has 0 saturated heterocycles. The van der Waals surface area contributed by atoms with E-state index >= 15 is 0 Å². The summed E-state index contributed by atoms with van der Waals surface area (Å²) in [6, 6.07) is 20.3. The first-order chi connectivity index (χ1) is 15.3. The minimum atomic E-state index is 0.678. The molecule has 3 aromatic heterocycles. The maximum absolute atomic E-state index is 5.26. The minimum Gasteiger partial charge on any atom is -0.497 e. The van der Waals surface area contributed by atoms with E-state index in [0.717, 1.165) is 41.7 Å². The van der Waals surface area contributed by atoms with Gasteiger partial charge in [0.2, 0.25) is 5.95 Å². The fraction of sp³-hybridized carbons (Fsp3) is 0.167. The standard InChI is InChI=1S/C24H22N6O/c1-31-20-10-8-18(9-11-20)12-15-29-23-21(27-24(29)30-14-5-13-26-30)17-25-22(28-23)16-19-6-3-2-4-7-19/h2-11,13-14,17H,12,15-16H2,1H3. The van der Waals surface area contributed by atoms with Gasteiger partial charge in [0.05, 0.1) is 13.3 Å². The van der Waals surface area contributed by atoms with Gasteiger partial charge < -0.3 is 4.74 Å². The Morgan fingerprint density at radius 1 is 0.903 bits per heavy atom. The highest BCUT2D eigenvalue weighted by Crippen LogP contribution is 2.19. The van der Waals surface area contributed by atoms with E-state index < -0.39 is 0 Å². The van der Waals surface area contributed by atoms with E-state index in [1.807, 2.05) is 42.6 Å². The number of aromatic nitrogens is 6. The molecule has 0 atom stereocenters. The first-order valence-corrected chi connectivity index (χ1v) is 10.2. The predicted octanol–water partition coefficient (Wildman–Crippen LogP) is 3.85. The summed E-state index contributed by atoms with van der Waals surface area (Å²) in [6.07, 6.45) is 6.96. The van der Waals surface area contributed by atoms with Crippen molar-refractivity contribution in [2.24, 2.45) is 0 Å². The fourth-order valence-corrected chi connectivity index (χ4v) is 3.61. The lowest BCUT2D eigenvalue weighted by atomic mass is 10.1. The van der Waals surface area contributed by atoms with Crippen LogP contribution in [0, 0.1) is 0 Å². The molecule has 0 aliphatic carbocycles. The first-order valence-electron chi connectivity index (χ1n) is 10.2. The van der Waals surface area contributed by atoms with Gasteiger partial charge in [-0.25, -0.2) is 19.6 Å². The number of hydrogen-bond acceptors (Lipinski definition) is 5. The summed E-state index contributed by atoms with van der Waals surface area (Å²) in [4.78, 5) is 14.2. The Bertz CT molecular complexity index is 1280. The van der Waals surface area contributed by atoms with Crippen molar-refractivity contribution in [3.05, 3.63) is 96.2 Å². The summed E-state index contributed by atoms with van der Waals surface area (Å²) >= 11 is 0. The van der Waals surface area contributed by atoms with E-state index in [-0.39, 0.29) is 0 Å². The van der Waals surface area contributed by atoms with Crippen LogP contribution in [-0.4, -0.2) is 36.4 Å². The van der Waals surface area contributed by atoms with Crippen LogP contribution in [0.2, 0.25) is 0 Å². The number of rotatable bonds is 7. The van der Waals surface area contributed by atoms with Crippen LogP contribution in [0.3, 0.4) is 0 Å². The van der Waals surface area contributed by atoms with Crippen LogP contribution in [0.15, 0.2) is 79.3 Å². The van der Waals surface area contributed by atoms with Crippen molar-refractivity contribution in [3.63, 3.8) is 0 Å². The molecule has 7 heteroatoms. The normalized spacial score (nSPS) is 11.1. The topological polar surface area (TPSA) is 70.7 Å². The van der Waals surface area contributed by atoms with Crippen LogP contribution < -0.4 is 4.74 Å². The van der Waals surface area contributed by atoms with Crippen molar-refractivity contribution in [1.82, 2.24) is 29.3 Å². The SMILES string of the molecule is COc1ccc(CCn2c(-n3cccn3)nc3cnc(Cc4ccccc4)nc32)cc1. The average molecular weight is 410 g/mol. The fourth-order valence-electron chi connectivity index (χ4n) is 3.61. The molecule has 0 radical (unpaired) electrons. The van der Waals surface area contributed by atoms with Crippen LogP contribution in [0.4, 0.5) is 0 Å². The molecular weight excluding hydrogens is 388 g/mol. The zero-order valence-electron chi connectivity index (χ0n) is 17.2. The predicted molar refractivity (Wildman–Crippen MR) is 118 cm³/mol. The van der Waals surface area contributed by atoms with Crippen LogP contribution in [0.5, 0.6) is 5.75 Å². The molecule has 2 aromatic carbocycles. The Morgan fingerprint density at radius 3 is 2.48 bits per heavy atom. The molecule has 5 aromatic rings. The zero-order valence-corrected chi connectivity index (χ0v) is 17.2. The van der Waals surface area contributed by atoms with Gasteiger partial charge >= 0.3 is 0 Å². The molecule has 0 unspecified atom stereocenters. The number of ether oxygens (including phenoxy) is 1. The van der Waals surface area contributed by atoms with Gasteiger partial charge in [-0.3, -0.25) is 4.57 Å². The Morgan fingerprint density at radius 2 is 1.74 bits per heavy atom. The Labute approximate surface area is 180 Å². The van der Waals surface area contributed by atoms with Crippen LogP contribution in [0.25, 0.3) is 17.1 Å². The molecule has 0 amide bonds. The maximum Gasteiger partial charge on any atom is 0.233 e. The summed E-state index contributed by atoms with van der Waals surface area (Å²) in [7, 11) is 1.68. The van der Waals surface area contributed by atoms with Crippen molar-refractivity contribution >= 4 is 11.2 Å². The van der Waals surface area contributed by atoms with E-state index in [1.165, 1.54) is 11.1 Å². The molecular formula is C24H22N6O. The number of nitrogens with zero attached hydrogens (tertiary/aromatic N) is 6. The largest absolute Gasteiger partial charge is 0.497 e. The second-order valence-corrected chi connectivity index (χ2v) is 7.27. The molecule has 0 bridgehead atoms. The van der Waals surface area contributed by atoms with Gasteiger partial charge in [0.25, 0.3) is 0 Å². The van der Waals surface area contributed by atoms with E-state index in [4.69, 9.17) is 14.7 Å². The lowest BCUT2D eigenvalue weighted by Crippen LogP contribution is -2.10. The Balaban J connectivity index is 1.50. The second-order valence-electron chi connectivity index (χ2n) is 7.27. The quantitative estimate of drug-likeness (QED) is 0.408. The van der Waals surface area contributed by atoms with E-state index in [0.29, 0.717) is 6.42 Å². The maximum atomic E-state index is 5.26. The third-order valence-electron chi connectivity index (χ3n) is 5.21. The third kappa shape index (κ3) is 4.02. The summed E-state index contributed by atoms with van der Waals surface area (Å²) in [5.74, 6) is 2.36. The molecule has 5 rings (SSSR count). The number of fused-ring (bicyclic) bond motifs is 1. The molecule has 0 aliphatic rings. The highest BCUT2D eigenvalue weighted by atomic mass is 16.5. The molecule has 154 valence electrons. The molecule has 7 nitrogen and oxygen atoms in total. The Kier molecular flexibility index (Phi) is 5.14. The van der Waals surface area contributed by atoms with E-state index in [9.17, 15) is 0 Å². The number of methoxy groups -OCH3 is 1. The Hall–Kier alpha value is -4.00. The van der Waals surface area contributed by atoms with Crippen molar-refractivity contribution < 1.29 is 4.74 Å². The van der Waals surface area contributed by atoms with Gasteiger partial charge in [0, 0.05) is 25.4 Å². The highest BCUT2D eigenvalue weighted by Gasteiger charge is 2.15. The highest BCUT2D eigenvalue weighted by molar-refractivity contribution is 5.72. The minimum absolute atomic E-state index is 0.678. The third-order valence-corrected chi connectivity index (χ3v) is 5.21. The van der Waals surface area contributed by atoms with Crippen molar-refractivity contribution in [1.29, 1.82) is 0 Å². The van der Waals surface area contributed by atoms with Gasteiger partial charge in [0.1, 0.15) is 17.1 Å². The zero-order chi connectivity index (χ0) is 21.0. The number of hydrogen-bond donors (Lipinski definition) is 0. The average Bonchev–Trinajstić information content (AvgIpc) is 3.46. The summed E-state index contributed by atoms with van der Waals surface area (Å²) in [5, 5.41) is 4.38. The molecule has 0 N–H and O–H groups in total. The number of aryl methyl sites for hydroxylation is 2. The second kappa shape index (κ2) is 8.39. The van der Waals surface area contributed by atoms with Gasteiger partial charge in [-0.15, -0.1) is 0 Å². The van der Waals surface area contributed by atoms with Gasteiger partial charge in [-0.2, -0.15) is 5.10 Å². The number of imidazole rings is 1. The first kappa shape index (κ1) is 19.0. The molecule has 0 spiro atoms. The summed E-state index contributed by atoms with van der Waals surface area (Å²) < 4.78 is 9.15. The lowest BCUT2D eigenvalue weighted by Gasteiger charge is -2.09. The summed E-state index contributed by atoms with van der Waals surface area (Å²) in [6.45, 7) is 0.722. The van der Waals surface area contributed by atoms with Crippen LogP contribution in [0.1, 0.15) is 17.0 Å².